The number of nitrogens with two attached hydrogens (primary N) is 1. The molecular weight excluding hydrogens is 594 g/mol. The van der Waals surface area contributed by atoms with Crippen LogP contribution in [0.2, 0.25) is 0 Å². The van der Waals surface area contributed by atoms with Crippen molar-refractivity contribution in [3.05, 3.63) is 101 Å². The molecule has 0 saturated heterocycles. The van der Waals surface area contributed by atoms with E-state index < -0.39 is 0 Å². The van der Waals surface area contributed by atoms with E-state index in [4.69, 9.17) is 10.5 Å². The van der Waals surface area contributed by atoms with Crippen LogP contribution in [0.5, 0.6) is 0 Å². The number of hydrogen-bond acceptors (Lipinski definition) is 6. The van der Waals surface area contributed by atoms with E-state index in [0.717, 1.165) is 104 Å². The second-order valence-electron chi connectivity index (χ2n) is 14.0. The average molecular weight is 654 g/mol. The molecule has 3 N–H and O–H groups in total. The first kappa shape index (κ1) is 37.5. The van der Waals surface area contributed by atoms with E-state index in [0.29, 0.717) is 13.0 Å². The third-order valence-corrected chi connectivity index (χ3v) is 10.4. The molecule has 260 valence electrons. The molecule has 1 aliphatic heterocycles. The van der Waals surface area contributed by atoms with E-state index in [1.165, 1.54) is 11.1 Å². The molecule has 2 saturated carbocycles. The summed E-state index contributed by atoms with van der Waals surface area (Å²) in [4.78, 5) is 19.8. The molecule has 0 aromatic heterocycles. The Labute approximate surface area is 289 Å². The number of carbonyl (C=O) groups is 1. The number of hydrogen-bond donors (Lipinski definition) is 2. The van der Waals surface area contributed by atoms with Crippen LogP contribution < -0.4 is 5.73 Å². The molecule has 1 unspecified atom stereocenters. The highest BCUT2D eigenvalue weighted by atomic mass is 16.5. The molecule has 2 atom stereocenters. The molecule has 4 rings (SSSR count). The van der Waals surface area contributed by atoms with Crippen LogP contribution in [0.1, 0.15) is 96.1 Å². The predicted molar refractivity (Wildman–Crippen MR) is 201 cm³/mol. The van der Waals surface area contributed by atoms with Gasteiger partial charge < -0.3 is 20.5 Å². The first-order valence-electron chi connectivity index (χ1n) is 18.1. The summed E-state index contributed by atoms with van der Waals surface area (Å²) in [5.74, 6) is 0.451. The summed E-state index contributed by atoms with van der Waals surface area (Å²) in [7, 11) is 1.84. The number of rotatable bonds is 15. The van der Waals surface area contributed by atoms with Gasteiger partial charge in [0.1, 0.15) is 0 Å². The number of aliphatic imine (C=N–C) groups is 1. The van der Waals surface area contributed by atoms with Crippen LogP contribution in [0, 0.1) is 11.8 Å². The molecule has 1 aromatic carbocycles. The van der Waals surface area contributed by atoms with Crippen molar-refractivity contribution < 1.29 is 14.6 Å². The summed E-state index contributed by atoms with van der Waals surface area (Å²) in [6, 6.07) is 9.08. The maximum Gasteiger partial charge on any atom is 0.161 e. The van der Waals surface area contributed by atoms with Crippen molar-refractivity contribution in [3.8, 4) is 0 Å². The molecule has 2 fully saturated rings. The van der Waals surface area contributed by atoms with E-state index >= 15 is 0 Å². The Morgan fingerprint density at radius 3 is 2.60 bits per heavy atom. The third-order valence-electron chi connectivity index (χ3n) is 10.4. The van der Waals surface area contributed by atoms with Gasteiger partial charge in [0, 0.05) is 56.3 Å². The largest absolute Gasteiger partial charge is 0.396 e. The second-order valence-corrected chi connectivity index (χ2v) is 14.0. The van der Waals surface area contributed by atoms with Crippen LogP contribution in [0.15, 0.2) is 94.7 Å². The van der Waals surface area contributed by atoms with Crippen LogP contribution >= 0.6 is 0 Å². The van der Waals surface area contributed by atoms with Gasteiger partial charge in [-0.05, 0) is 117 Å². The first-order valence-corrected chi connectivity index (χ1v) is 18.1. The normalized spacial score (nSPS) is 25.7. The van der Waals surface area contributed by atoms with E-state index in [-0.39, 0.29) is 35.9 Å². The van der Waals surface area contributed by atoms with Crippen LogP contribution in [0.3, 0.4) is 0 Å². The summed E-state index contributed by atoms with van der Waals surface area (Å²) in [6.07, 6.45) is 19.9. The summed E-state index contributed by atoms with van der Waals surface area (Å²) in [5.41, 5.74) is 14.5. The van der Waals surface area contributed by atoms with Crippen molar-refractivity contribution >= 4 is 17.6 Å². The van der Waals surface area contributed by atoms with Crippen molar-refractivity contribution in [2.24, 2.45) is 22.6 Å². The molecule has 1 heterocycles. The Balaban J connectivity index is 1.52. The van der Waals surface area contributed by atoms with Gasteiger partial charge in [-0.2, -0.15) is 0 Å². The quantitative estimate of drug-likeness (QED) is 0.113. The minimum atomic E-state index is -0.310. The van der Waals surface area contributed by atoms with Crippen molar-refractivity contribution in [1.29, 1.82) is 0 Å². The maximum atomic E-state index is 12.8. The molecule has 0 amide bonds. The number of ether oxygens (including phenoxy) is 1. The van der Waals surface area contributed by atoms with Gasteiger partial charge in [0.25, 0.3) is 0 Å². The Morgan fingerprint density at radius 2 is 1.96 bits per heavy atom. The number of carbonyl (C=O) groups excluding carboxylic acids is 1. The van der Waals surface area contributed by atoms with Crippen molar-refractivity contribution in [3.63, 3.8) is 0 Å². The highest BCUT2D eigenvalue weighted by molar-refractivity contribution is 5.97. The maximum absolute atomic E-state index is 12.8. The van der Waals surface area contributed by atoms with Gasteiger partial charge in [0.15, 0.2) is 5.78 Å². The third kappa shape index (κ3) is 9.43. The zero-order valence-electron chi connectivity index (χ0n) is 30.0. The van der Waals surface area contributed by atoms with Gasteiger partial charge in [-0.25, -0.2) is 0 Å². The zero-order chi connectivity index (χ0) is 34.7. The lowest BCUT2D eigenvalue weighted by Crippen LogP contribution is -2.40. The van der Waals surface area contributed by atoms with Crippen molar-refractivity contribution in [1.82, 2.24) is 4.90 Å². The fourth-order valence-corrected chi connectivity index (χ4v) is 7.39. The molecule has 1 aromatic rings. The van der Waals surface area contributed by atoms with Crippen LogP contribution in [-0.4, -0.2) is 61.4 Å². The molecule has 2 aliphatic carbocycles. The number of benzene rings is 1. The Kier molecular flexibility index (Phi) is 14.0. The standard InChI is InChI=1S/C42H59N3O3/c1-7-22-45(23-10-11-31(4)41(47)36-25-38(43)26-36)40-18-21-44-28-32(5)39(40)27-34(8-2)35-13-15-37(16-14-35)42(48-6)19-9-12-33(17-20-42)24-30(3)29-46/h8,13-16,18,21,24,27,30,36,38,46H,4-5,7,9-12,17,19-20,22-23,25-26,28-29,43H2,1-3,6H3/b33-24-,34-8+,39-27+/t30-,36?,38?,42?/m0/s1. The van der Waals surface area contributed by atoms with Crippen molar-refractivity contribution in [2.45, 2.75) is 96.6 Å². The van der Waals surface area contributed by atoms with Gasteiger partial charge in [-0.15, -0.1) is 0 Å². The molecule has 48 heavy (non-hydrogen) atoms. The topological polar surface area (TPSA) is 88.2 Å². The summed E-state index contributed by atoms with van der Waals surface area (Å²) in [5, 5.41) is 9.54. The van der Waals surface area contributed by atoms with Crippen LogP contribution in [0.25, 0.3) is 5.57 Å². The summed E-state index contributed by atoms with van der Waals surface area (Å²) >= 11 is 0. The fraction of sp³-hybridized carbons (Fsp3) is 0.524. The predicted octanol–water partition coefficient (Wildman–Crippen LogP) is 8.26. The van der Waals surface area contributed by atoms with E-state index in [9.17, 15) is 9.90 Å². The molecule has 6 nitrogen and oxygen atoms in total. The smallest absolute Gasteiger partial charge is 0.161 e. The molecule has 0 bridgehead atoms. The van der Waals surface area contributed by atoms with Crippen LogP contribution in [-0.2, 0) is 15.1 Å². The van der Waals surface area contributed by atoms with E-state index in [1.807, 2.05) is 13.3 Å². The number of nitrogens with zero attached hydrogens (tertiary/aromatic N) is 2. The van der Waals surface area contributed by atoms with Gasteiger partial charge in [-0.1, -0.05) is 69.0 Å². The summed E-state index contributed by atoms with van der Waals surface area (Å²) in [6.45, 7) is 17.4. The monoisotopic (exact) mass is 653 g/mol. The highest BCUT2D eigenvalue weighted by Crippen LogP contribution is 2.41. The van der Waals surface area contributed by atoms with Gasteiger partial charge in [0.2, 0.25) is 0 Å². The average Bonchev–Trinajstić information content (AvgIpc) is 3.40. The molecule has 0 radical (unpaired) electrons. The van der Waals surface area contributed by atoms with Crippen molar-refractivity contribution in [2.75, 3.05) is 33.4 Å². The lowest BCUT2D eigenvalue weighted by Gasteiger charge is -2.32. The zero-order valence-corrected chi connectivity index (χ0v) is 30.0. The first-order chi connectivity index (χ1) is 23.1. The molecular formula is C42H59N3O3. The molecule has 3 aliphatic rings. The minimum Gasteiger partial charge on any atom is -0.396 e. The number of allylic oxidation sites excluding steroid dienone is 7. The van der Waals surface area contributed by atoms with Crippen LogP contribution in [0.4, 0.5) is 0 Å². The number of aliphatic hydroxyl groups excluding tert-OH is 1. The number of Topliss-reactive ketones (excluding diaryl/α,β-unsaturated/α-hetero) is 1. The Hall–Kier alpha value is -3.32. The van der Waals surface area contributed by atoms with Gasteiger partial charge >= 0.3 is 0 Å². The Bertz CT molecular complexity index is 1440. The highest BCUT2D eigenvalue weighted by Gasteiger charge is 2.34. The van der Waals surface area contributed by atoms with E-state index in [2.05, 4.69) is 92.4 Å². The van der Waals surface area contributed by atoms with Gasteiger partial charge in [-0.3, -0.25) is 9.79 Å². The number of methoxy groups -OCH3 is 1. The molecule has 0 spiro atoms. The molecule has 6 heteroatoms. The van der Waals surface area contributed by atoms with E-state index in [1.54, 1.807) is 0 Å². The fourth-order valence-electron chi connectivity index (χ4n) is 7.39. The lowest BCUT2D eigenvalue weighted by atomic mass is 9.76. The lowest BCUT2D eigenvalue weighted by molar-refractivity contribution is -0.122. The summed E-state index contributed by atoms with van der Waals surface area (Å²) < 4.78 is 6.28. The Morgan fingerprint density at radius 1 is 1.21 bits per heavy atom. The minimum absolute atomic E-state index is 0.0645. The number of aliphatic hydroxyl groups is 1. The SMILES string of the molecule is C=C(CCCN(CCC)C1=CC=NCC(=C)/C1=C\C(=C/C)c1ccc(C2(OC)CCC/C(=C/[C@H](C)CO)CC2)cc1)C(=O)C1CC(N)C1. The number of ketones is 1. The second kappa shape index (κ2) is 17.9. The van der Waals surface area contributed by atoms with Gasteiger partial charge in [0.05, 0.1) is 12.1 Å².